The van der Waals surface area contributed by atoms with E-state index < -0.39 is 0 Å². The normalized spacial score (nSPS) is 22.3. The number of rotatable bonds is 5. The van der Waals surface area contributed by atoms with Crippen LogP contribution in [0.1, 0.15) is 43.2 Å². The van der Waals surface area contributed by atoms with Crippen LogP contribution in [-0.2, 0) is 6.42 Å². The first-order valence-electron chi connectivity index (χ1n) is 8.46. The molecule has 1 atom stereocenters. The van der Waals surface area contributed by atoms with Gasteiger partial charge in [-0.15, -0.1) is 0 Å². The summed E-state index contributed by atoms with van der Waals surface area (Å²) in [4.78, 5) is 2.59. The molecule has 2 N–H and O–H groups in total. The molecule has 1 aromatic carbocycles. The van der Waals surface area contributed by atoms with Crippen molar-refractivity contribution in [1.82, 2.24) is 4.90 Å². The lowest BCUT2D eigenvalue weighted by Gasteiger charge is -2.35. The van der Waals surface area contributed by atoms with Gasteiger partial charge in [-0.3, -0.25) is 4.90 Å². The summed E-state index contributed by atoms with van der Waals surface area (Å²) in [6.07, 6.45) is 8.16. The van der Waals surface area contributed by atoms with Crippen LogP contribution in [0.4, 0.5) is 0 Å². The van der Waals surface area contributed by atoms with Crippen molar-refractivity contribution in [2.24, 2.45) is 5.73 Å². The van der Waals surface area contributed by atoms with Crippen molar-refractivity contribution in [2.45, 2.75) is 57.6 Å². The van der Waals surface area contributed by atoms with Gasteiger partial charge in [0.2, 0.25) is 0 Å². The summed E-state index contributed by atoms with van der Waals surface area (Å²) >= 11 is 0. The first kappa shape index (κ1) is 14.9. The first-order chi connectivity index (χ1) is 10.3. The number of hydrogen-bond acceptors (Lipinski definition) is 3. The Kier molecular flexibility index (Phi) is 4.81. The van der Waals surface area contributed by atoms with Crippen LogP contribution in [0.2, 0.25) is 0 Å². The van der Waals surface area contributed by atoms with Gasteiger partial charge in [0.15, 0.2) is 0 Å². The third kappa shape index (κ3) is 3.58. The van der Waals surface area contributed by atoms with E-state index in [-0.39, 0.29) is 0 Å². The summed E-state index contributed by atoms with van der Waals surface area (Å²) < 4.78 is 6.15. The highest BCUT2D eigenvalue weighted by Crippen LogP contribution is 2.31. The van der Waals surface area contributed by atoms with E-state index in [2.05, 4.69) is 30.0 Å². The third-order valence-corrected chi connectivity index (χ3v) is 4.90. The predicted molar refractivity (Wildman–Crippen MR) is 86.8 cm³/mol. The summed E-state index contributed by atoms with van der Waals surface area (Å²) in [6.45, 7) is 4.92. The fraction of sp³-hybridized carbons (Fsp3) is 0.667. The molecule has 0 saturated heterocycles. The Morgan fingerprint density at radius 2 is 2.05 bits per heavy atom. The molecule has 0 spiro atoms. The number of benzene rings is 1. The van der Waals surface area contributed by atoms with Crippen molar-refractivity contribution in [3.8, 4) is 5.75 Å². The van der Waals surface area contributed by atoms with Gasteiger partial charge >= 0.3 is 0 Å². The number of fused-ring (bicyclic) bond motifs is 1. The zero-order chi connectivity index (χ0) is 14.7. The largest absolute Gasteiger partial charge is 0.488 e. The van der Waals surface area contributed by atoms with Gasteiger partial charge in [0.25, 0.3) is 0 Å². The lowest BCUT2D eigenvalue weighted by molar-refractivity contribution is 0.0994. The second-order valence-electron chi connectivity index (χ2n) is 6.63. The maximum absolute atomic E-state index is 6.15. The lowest BCUT2D eigenvalue weighted by atomic mass is 9.93. The van der Waals surface area contributed by atoms with Crippen molar-refractivity contribution in [2.75, 3.05) is 19.6 Å². The molecule has 1 heterocycles. The van der Waals surface area contributed by atoms with Gasteiger partial charge in [0.1, 0.15) is 11.9 Å². The van der Waals surface area contributed by atoms with Crippen LogP contribution in [0.5, 0.6) is 5.75 Å². The molecule has 1 aliphatic heterocycles. The maximum atomic E-state index is 6.15. The van der Waals surface area contributed by atoms with Crippen molar-refractivity contribution >= 4 is 0 Å². The van der Waals surface area contributed by atoms with Gasteiger partial charge in [0.05, 0.1) is 0 Å². The summed E-state index contributed by atoms with van der Waals surface area (Å²) in [5.41, 5.74) is 8.53. The average molecular weight is 288 g/mol. The van der Waals surface area contributed by atoms with Crippen molar-refractivity contribution in [1.29, 1.82) is 0 Å². The molecule has 0 radical (unpaired) electrons. The molecular weight excluding hydrogens is 260 g/mol. The molecule has 1 fully saturated rings. The average Bonchev–Trinajstić information content (AvgIpc) is 2.89. The number of aryl methyl sites for hydroxylation is 1. The van der Waals surface area contributed by atoms with Crippen molar-refractivity contribution in [3.05, 3.63) is 29.3 Å². The zero-order valence-corrected chi connectivity index (χ0v) is 13.2. The summed E-state index contributed by atoms with van der Waals surface area (Å²) in [5.74, 6) is 1.09. The van der Waals surface area contributed by atoms with E-state index in [1.807, 2.05) is 0 Å². The molecular formula is C18H28N2O. The standard InChI is InChI=1S/C18H28N2O/c1-14-7-8-18-15(11-14)12-17(21-18)13-20(10-9-19)16-5-3-2-4-6-16/h7-8,11,16-17H,2-6,9-10,12-13,19H2,1H3. The number of nitrogens with two attached hydrogens (primary N) is 1. The van der Waals surface area contributed by atoms with Crippen LogP contribution >= 0.6 is 0 Å². The lowest BCUT2D eigenvalue weighted by Crippen LogP contribution is -2.45. The van der Waals surface area contributed by atoms with Crippen LogP contribution in [-0.4, -0.2) is 36.7 Å². The van der Waals surface area contributed by atoms with Gasteiger partial charge in [-0.2, -0.15) is 0 Å². The highest BCUT2D eigenvalue weighted by molar-refractivity contribution is 5.40. The molecule has 0 amide bonds. The third-order valence-electron chi connectivity index (χ3n) is 4.90. The van der Waals surface area contributed by atoms with E-state index in [1.165, 1.54) is 43.2 Å². The van der Waals surface area contributed by atoms with Crippen molar-refractivity contribution < 1.29 is 4.74 Å². The van der Waals surface area contributed by atoms with E-state index >= 15 is 0 Å². The smallest absolute Gasteiger partial charge is 0.123 e. The molecule has 1 aromatic rings. The maximum Gasteiger partial charge on any atom is 0.123 e. The highest BCUT2D eigenvalue weighted by Gasteiger charge is 2.28. The highest BCUT2D eigenvalue weighted by atomic mass is 16.5. The summed E-state index contributed by atoms with van der Waals surface area (Å²) in [7, 11) is 0. The Balaban J connectivity index is 1.61. The fourth-order valence-electron chi connectivity index (χ4n) is 3.85. The molecule has 0 bridgehead atoms. The summed E-state index contributed by atoms with van der Waals surface area (Å²) in [5, 5.41) is 0. The van der Waals surface area contributed by atoms with E-state index in [9.17, 15) is 0 Å². The Hall–Kier alpha value is -1.06. The van der Waals surface area contributed by atoms with E-state index in [0.717, 1.165) is 37.8 Å². The minimum Gasteiger partial charge on any atom is -0.488 e. The zero-order valence-electron chi connectivity index (χ0n) is 13.2. The molecule has 3 heteroatoms. The molecule has 0 aromatic heterocycles. The number of nitrogens with zero attached hydrogens (tertiary/aromatic N) is 1. The molecule has 1 saturated carbocycles. The minimum absolute atomic E-state index is 0.301. The molecule has 1 aliphatic carbocycles. The molecule has 116 valence electrons. The SMILES string of the molecule is Cc1ccc2c(c1)CC(CN(CCN)C1CCCCC1)O2. The Labute approximate surface area is 128 Å². The molecule has 3 rings (SSSR count). The van der Waals surface area contributed by atoms with Gasteiger partial charge in [0, 0.05) is 32.1 Å². The number of hydrogen-bond donors (Lipinski definition) is 1. The van der Waals surface area contributed by atoms with Crippen LogP contribution in [0.25, 0.3) is 0 Å². The minimum atomic E-state index is 0.301. The van der Waals surface area contributed by atoms with E-state index in [4.69, 9.17) is 10.5 Å². The molecule has 3 nitrogen and oxygen atoms in total. The second-order valence-corrected chi connectivity index (χ2v) is 6.63. The van der Waals surface area contributed by atoms with Gasteiger partial charge in [-0.05, 0) is 31.4 Å². The fourth-order valence-corrected chi connectivity index (χ4v) is 3.85. The van der Waals surface area contributed by atoms with E-state index in [1.54, 1.807) is 0 Å². The molecule has 21 heavy (non-hydrogen) atoms. The van der Waals surface area contributed by atoms with Crippen LogP contribution in [0, 0.1) is 6.92 Å². The monoisotopic (exact) mass is 288 g/mol. The van der Waals surface area contributed by atoms with Crippen LogP contribution in [0.3, 0.4) is 0 Å². The van der Waals surface area contributed by atoms with Crippen molar-refractivity contribution in [3.63, 3.8) is 0 Å². The Morgan fingerprint density at radius 1 is 1.24 bits per heavy atom. The quantitative estimate of drug-likeness (QED) is 0.905. The van der Waals surface area contributed by atoms with Crippen LogP contribution < -0.4 is 10.5 Å². The van der Waals surface area contributed by atoms with Gasteiger partial charge in [-0.25, -0.2) is 0 Å². The molecule has 1 unspecified atom stereocenters. The second kappa shape index (κ2) is 6.80. The summed E-state index contributed by atoms with van der Waals surface area (Å²) in [6, 6.07) is 7.25. The predicted octanol–water partition coefficient (Wildman–Crippen LogP) is 2.89. The number of ether oxygens (including phenoxy) is 1. The molecule has 2 aliphatic rings. The Morgan fingerprint density at radius 3 is 2.81 bits per heavy atom. The topological polar surface area (TPSA) is 38.5 Å². The first-order valence-corrected chi connectivity index (χ1v) is 8.46. The van der Waals surface area contributed by atoms with Gasteiger partial charge in [-0.1, -0.05) is 37.0 Å². The Bertz CT molecular complexity index is 468. The van der Waals surface area contributed by atoms with E-state index in [0.29, 0.717) is 6.10 Å². The van der Waals surface area contributed by atoms with Gasteiger partial charge < -0.3 is 10.5 Å². The van der Waals surface area contributed by atoms with Crippen LogP contribution in [0.15, 0.2) is 18.2 Å².